The second-order valence-electron chi connectivity index (χ2n) is 4.58. The highest BCUT2D eigenvalue weighted by molar-refractivity contribution is 5.89. The van der Waals surface area contributed by atoms with Crippen LogP contribution in [0.25, 0.3) is 0 Å². The zero-order valence-electron chi connectivity index (χ0n) is 6.81. The first-order valence-corrected chi connectivity index (χ1v) is 4.86. The van der Waals surface area contributed by atoms with Gasteiger partial charge in [-0.2, -0.15) is 0 Å². The smallest absolute Gasteiger partial charge is 0.139 e. The number of Topliss-reactive ketones (excluding diaryl/α,β-unsaturated/α-hetero) is 1. The summed E-state index contributed by atoms with van der Waals surface area (Å²) < 4.78 is 0. The van der Waals surface area contributed by atoms with Crippen LogP contribution in [-0.2, 0) is 4.79 Å². The maximum atomic E-state index is 11.6. The van der Waals surface area contributed by atoms with E-state index < -0.39 is 0 Å². The number of carbonyl (C=O) groups is 1. The maximum absolute atomic E-state index is 11.6. The molecule has 3 aliphatic carbocycles. The molecule has 0 N–H and O–H groups in total. The van der Waals surface area contributed by atoms with E-state index >= 15 is 0 Å². The Bertz CT molecular complexity index is 217. The third-order valence-corrected chi connectivity index (χ3v) is 4.38. The van der Waals surface area contributed by atoms with Crippen molar-refractivity contribution in [3.05, 3.63) is 0 Å². The summed E-state index contributed by atoms with van der Waals surface area (Å²) in [6, 6.07) is 0. The Kier molecular flexibility index (Phi) is 0.961. The predicted octanol–water partition coefficient (Wildman–Crippen LogP) is 2.16. The van der Waals surface area contributed by atoms with E-state index in [9.17, 15) is 4.79 Å². The lowest BCUT2D eigenvalue weighted by Crippen LogP contribution is -2.25. The minimum atomic E-state index is 0.241. The van der Waals surface area contributed by atoms with Crippen molar-refractivity contribution in [1.82, 2.24) is 0 Å². The van der Waals surface area contributed by atoms with Gasteiger partial charge in [-0.05, 0) is 37.5 Å². The van der Waals surface area contributed by atoms with Crippen LogP contribution in [0.5, 0.6) is 0 Å². The van der Waals surface area contributed by atoms with Gasteiger partial charge in [0.2, 0.25) is 0 Å². The third-order valence-electron chi connectivity index (χ3n) is 4.38. The van der Waals surface area contributed by atoms with Crippen molar-refractivity contribution < 1.29 is 4.79 Å². The van der Waals surface area contributed by atoms with Crippen LogP contribution in [0.3, 0.4) is 0 Å². The van der Waals surface area contributed by atoms with Gasteiger partial charge >= 0.3 is 0 Å². The van der Waals surface area contributed by atoms with Crippen molar-refractivity contribution in [2.24, 2.45) is 17.3 Å². The summed E-state index contributed by atoms with van der Waals surface area (Å²) in [7, 11) is 0. The normalized spacial score (nSPS) is 53.6. The highest BCUT2D eigenvalue weighted by atomic mass is 16.1. The predicted molar refractivity (Wildman–Crippen MR) is 42.1 cm³/mol. The van der Waals surface area contributed by atoms with Gasteiger partial charge in [0.1, 0.15) is 5.78 Å². The Labute approximate surface area is 67.2 Å². The molecule has 1 nitrogen and oxygen atoms in total. The number of rotatable bonds is 0. The number of ketones is 1. The Morgan fingerprint density at radius 2 is 2.18 bits per heavy atom. The molecule has 0 aromatic heterocycles. The fourth-order valence-electron chi connectivity index (χ4n) is 3.91. The van der Waals surface area contributed by atoms with Crippen LogP contribution in [0.15, 0.2) is 0 Å². The van der Waals surface area contributed by atoms with E-state index in [0.29, 0.717) is 5.78 Å². The average molecular weight is 150 g/mol. The average Bonchev–Trinajstić information content (AvgIpc) is 2.54. The maximum Gasteiger partial charge on any atom is 0.139 e. The summed E-state index contributed by atoms with van der Waals surface area (Å²) in [5.41, 5.74) is 0.241. The molecule has 0 heterocycles. The van der Waals surface area contributed by atoms with E-state index in [2.05, 4.69) is 0 Å². The molecule has 0 spiro atoms. The van der Waals surface area contributed by atoms with Gasteiger partial charge in [-0.25, -0.2) is 0 Å². The fourth-order valence-corrected chi connectivity index (χ4v) is 3.91. The van der Waals surface area contributed by atoms with Crippen LogP contribution < -0.4 is 0 Å². The topological polar surface area (TPSA) is 17.1 Å². The Balaban J connectivity index is 2.09. The first kappa shape index (κ1) is 6.22. The Morgan fingerprint density at radius 3 is 2.91 bits per heavy atom. The molecular weight excluding hydrogens is 136 g/mol. The summed E-state index contributed by atoms with van der Waals surface area (Å²) >= 11 is 0. The van der Waals surface area contributed by atoms with Gasteiger partial charge in [-0.1, -0.05) is 6.42 Å². The zero-order chi connectivity index (χ0) is 7.47. The SMILES string of the molecule is O=C1CC2CCC13CCCC23. The van der Waals surface area contributed by atoms with E-state index in [1.807, 2.05) is 0 Å². The van der Waals surface area contributed by atoms with Crippen LogP contribution in [-0.4, -0.2) is 5.78 Å². The summed E-state index contributed by atoms with van der Waals surface area (Å²) in [5.74, 6) is 2.26. The van der Waals surface area contributed by atoms with Crippen molar-refractivity contribution in [3.63, 3.8) is 0 Å². The van der Waals surface area contributed by atoms with Crippen LogP contribution >= 0.6 is 0 Å². The van der Waals surface area contributed by atoms with Gasteiger partial charge in [0, 0.05) is 11.8 Å². The Morgan fingerprint density at radius 1 is 1.27 bits per heavy atom. The lowest BCUT2D eigenvalue weighted by Gasteiger charge is -2.22. The van der Waals surface area contributed by atoms with Gasteiger partial charge in [-0.15, -0.1) is 0 Å². The minimum absolute atomic E-state index is 0.241. The van der Waals surface area contributed by atoms with E-state index in [1.54, 1.807) is 0 Å². The molecule has 0 aromatic carbocycles. The summed E-state index contributed by atoms with van der Waals surface area (Å²) in [6.07, 6.45) is 7.44. The molecule has 0 saturated heterocycles. The second-order valence-corrected chi connectivity index (χ2v) is 4.58. The van der Waals surface area contributed by atoms with E-state index in [0.717, 1.165) is 18.3 Å². The third kappa shape index (κ3) is 0.533. The van der Waals surface area contributed by atoms with Crippen molar-refractivity contribution in [1.29, 1.82) is 0 Å². The van der Waals surface area contributed by atoms with Crippen molar-refractivity contribution in [3.8, 4) is 0 Å². The molecule has 1 heteroatoms. The lowest BCUT2D eigenvalue weighted by molar-refractivity contribution is -0.127. The van der Waals surface area contributed by atoms with Crippen LogP contribution in [0.4, 0.5) is 0 Å². The molecule has 11 heavy (non-hydrogen) atoms. The highest BCUT2D eigenvalue weighted by Gasteiger charge is 2.60. The number of carbonyl (C=O) groups excluding carboxylic acids is 1. The van der Waals surface area contributed by atoms with Gasteiger partial charge in [0.05, 0.1) is 0 Å². The van der Waals surface area contributed by atoms with E-state index in [1.165, 1.54) is 32.1 Å². The second kappa shape index (κ2) is 1.70. The van der Waals surface area contributed by atoms with Gasteiger partial charge in [0.15, 0.2) is 0 Å². The quantitative estimate of drug-likeness (QED) is 0.517. The van der Waals surface area contributed by atoms with Gasteiger partial charge in [-0.3, -0.25) is 4.79 Å². The van der Waals surface area contributed by atoms with Gasteiger partial charge in [0.25, 0.3) is 0 Å². The largest absolute Gasteiger partial charge is 0.299 e. The number of hydrogen-bond acceptors (Lipinski definition) is 1. The molecule has 3 unspecified atom stereocenters. The lowest BCUT2D eigenvalue weighted by atomic mass is 9.80. The summed E-state index contributed by atoms with van der Waals surface area (Å²) in [4.78, 5) is 11.6. The molecule has 3 saturated carbocycles. The molecule has 0 radical (unpaired) electrons. The molecule has 2 bridgehead atoms. The number of hydrogen-bond donors (Lipinski definition) is 0. The standard InChI is InChI=1S/C10H14O/c11-9-6-7-3-5-10(9)4-1-2-8(7)10/h7-8H,1-6H2. The Hall–Kier alpha value is -0.330. The van der Waals surface area contributed by atoms with Crippen LogP contribution in [0.2, 0.25) is 0 Å². The molecule has 0 aliphatic heterocycles. The summed E-state index contributed by atoms with van der Waals surface area (Å²) in [5, 5.41) is 0. The molecular formula is C10H14O. The monoisotopic (exact) mass is 150 g/mol. The molecule has 0 aromatic rings. The van der Waals surface area contributed by atoms with Crippen LogP contribution in [0, 0.1) is 17.3 Å². The molecule has 60 valence electrons. The zero-order valence-corrected chi connectivity index (χ0v) is 6.81. The van der Waals surface area contributed by atoms with E-state index in [-0.39, 0.29) is 5.41 Å². The molecule has 3 rings (SSSR count). The first-order valence-electron chi connectivity index (χ1n) is 4.86. The minimum Gasteiger partial charge on any atom is -0.299 e. The molecule has 0 amide bonds. The van der Waals surface area contributed by atoms with Gasteiger partial charge < -0.3 is 0 Å². The molecule has 3 atom stereocenters. The van der Waals surface area contributed by atoms with E-state index in [4.69, 9.17) is 0 Å². The summed E-state index contributed by atoms with van der Waals surface area (Å²) in [6.45, 7) is 0. The van der Waals surface area contributed by atoms with Crippen LogP contribution in [0.1, 0.15) is 38.5 Å². The van der Waals surface area contributed by atoms with Crippen molar-refractivity contribution in [2.75, 3.05) is 0 Å². The molecule has 3 aliphatic rings. The first-order chi connectivity index (χ1) is 5.33. The fraction of sp³-hybridized carbons (Fsp3) is 0.900. The molecule has 3 fully saturated rings. The van der Waals surface area contributed by atoms with Crippen molar-refractivity contribution >= 4 is 5.78 Å². The highest BCUT2D eigenvalue weighted by Crippen LogP contribution is 2.63. The van der Waals surface area contributed by atoms with Crippen molar-refractivity contribution in [2.45, 2.75) is 38.5 Å².